The molecular formula is C20H16N4Na2O6S2. The van der Waals surface area contributed by atoms with Gasteiger partial charge < -0.3 is 9.11 Å². The second-order valence-corrected chi connectivity index (χ2v) is 9.13. The molecule has 0 radical (unpaired) electrons. The van der Waals surface area contributed by atoms with E-state index in [-0.39, 0.29) is 68.9 Å². The van der Waals surface area contributed by atoms with Crippen molar-refractivity contribution in [3.8, 4) is 0 Å². The van der Waals surface area contributed by atoms with E-state index in [1.54, 1.807) is 24.6 Å². The fourth-order valence-electron chi connectivity index (χ4n) is 2.47. The molecule has 166 valence electrons. The molecule has 0 saturated heterocycles. The van der Waals surface area contributed by atoms with E-state index in [1.807, 2.05) is 12.1 Å². The SMILES string of the molecule is O=S(=O)([O-])c1ccc(N/N=C/c2cccc(/C=N/Nc3ccc(S(=O)(=O)[O-])cc3)c2)cc1.[Na+].[Na+]. The van der Waals surface area contributed by atoms with Gasteiger partial charge in [0.1, 0.15) is 20.2 Å². The summed E-state index contributed by atoms with van der Waals surface area (Å²) >= 11 is 0. The van der Waals surface area contributed by atoms with E-state index in [9.17, 15) is 25.9 Å². The number of hydrogen-bond donors (Lipinski definition) is 2. The number of nitrogens with zero attached hydrogens (tertiary/aromatic N) is 2. The average Bonchev–Trinajstić information content (AvgIpc) is 2.74. The number of anilines is 2. The first-order chi connectivity index (χ1) is 15.1. The van der Waals surface area contributed by atoms with Gasteiger partial charge in [0.05, 0.1) is 33.6 Å². The van der Waals surface area contributed by atoms with Crippen molar-refractivity contribution in [1.82, 2.24) is 0 Å². The Morgan fingerprint density at radius 2 is 0.971 bits per heavy atom. The third kappa shape index (κ3) is 9.58. The van der Waals surface area contributed by atoms with Crippen LogP contribution in [-0.2, 0) is 20.2 Å². The molecule has 0 amide bonds. The molecule has 0 aliphatic heterocycles. The van der Waals surface area contributed by atoms with Crippen molar-refractivity contribution in [2.45, 2.75) is 9.79 Å². The standard InChI is InChI=1S/C20H18N4O6S2.2Na/c25-31(26,27)19-8-4-17(5-9-19)23-21-13-15-2-1-3-16(12-15)14-22-24-18-6-10-20(11-7-18)32(28,29)30;;/h1-14,23-24H,(H,25,26,27)(H,28,29,30);;/q;2*+1/p-2/b21-13+,22-14+;;. The van der Waals surface area contributed by atoms with Crippen molar-refractivity contribution >= 4 is 44.0 Å². The minimum atomic E-state index is -4.49. The summed E-state index contributed by atoms with van der Waals surface area (Å²) in [6.45, 7) is 0. The zero-order chi connectivity index (χ0) is 23.2. The molecule has 34 heavy (non-hydrogen) atoms. The van der Waals surface area contributed by atoms with Gasteiger partial charge in [0.25, 0.3) is 0 Å². The summed E-state index contributed by atoms with van der Waals surface area (Å²) in [7, 11) is -8.98. The molecule has 0 atom stereocenters. The van der Waals surface area contributed by atoms with Gasteiger partial charge in [-0.05, 0) is 65.7 Å². The van der Waals surface area contributed by atoms with Crippen LogP contribution in [0.1, 0.15) is 11.1 Å². The van der Waals surface area contributed by atoms with Gasteiger partial charge in [-0.3, -0.25) is 10.9 Å². The molecule has 0 aliphatic rings. The number of hydrogen-bond acceptors (Lipinski definition) is 10. The molecule has 0 saturated carbocycles. The maximum absolute atomic E-state index is 10.9. The maximum atomic E-state index is 10.9. The van der Waals surface area contributed by atoms with Gasteiger partial charge in [-0.25, -0.2) is 16.8 Å². The van der Waals surface area contributed by atoms with E-state index in [2.05, 4.69) is 21.1 Å². The Kier molecular flexibility index (Phi) is 12.1. The van der Waals surface area contributed by atoms with Crippen LogP contribution in [0.2, 0.25) is 0 Å². The summed E-state index contributed by atoms with van der Waals surface area (Å²) < 4.78 is 65.6. The summed E-state index contributed by atoms with van der Waals surface area (Å²) in [5, 5.41) is 8.13. The number of rotatable bonds is 8. The average molecular weight is 518 g/mol. The Morgan fingerprint density at radius 1 is 0.618 bits per heavy atom. The molecule has 3 aromatic rings. The van der Waals surface area contributed by atoms with Crippen LogP contribution in [0.5, 0.6) is 0 Å². The smallest absolute Gasteiger partial charge is 0.744 e. The van der Waals surface area contributed by atoms with Crippen LogP contribution >= 0.6 is 0 Å². The fourth-order valence-corrected chi connectivity index (χ4v) is 3.41. The van der Waals surface area contributed by atoms with Gasteiger partial charge in [0.15, 0.2) is 0 Å². The summed E-state index contributed by atoms with van der Waals surface area (Å²) in [6.07, 6.45) is 3.09. The first kappa shape index (κ1) is 30.5. The van der Waals surface area contributed by atoms with E-state index in [0.29, 0.717) is 11.4 Å². The quantitative estimate of drug-likeness (QED) is 0.134. The molecule has 0 aliphatic carbocycles. The van der Waals surface area contributed by atoms with Gasteiger partial charge in [0.2, 0.25) is 0 Å². The van der Waals surface area contributed by atoms with Crippen molar-refractivity contribution in [2.24, 2.45) is 10.2 Å². The third-order valence-corrected chi connectivity index (χ3v) is 5.71. The Hall–Kier alpha value is -1.58. The number of hydrazone groups is 2. The topological polar surface area (TPSA) is 163 Å². The van der Waals surface area contributed by atoms with Crippen LogP contribution in [-0.4, -0.2) is 38.4 Å². The van der Waals surface area contributed by atoms with Gasteiger partial charge in [0, 0.05) is 0 Å². The predicted octanol–water partition coefficient (Wildman–Crippen LogP) is -3.61. The molecule has 0 bridgehead atoms. The van der Waals surface area contributed by atoms with Gasteiger partial charge in [-0.1, -0.05) is 18.2 Å². The molecule has 0 heterocycles. The Morgan fingerprint density at radius 3 is 1.29 bits per heavy atom. The van der Waals surface area contributed by atoms with Crippen molar-refractivity contribution < 1.29 is 85.1 Å². The second kappa shape index (κ2) is 13.5. The molecule has 3 aromatic carbocycles. The zero-order valence-corrected chi connectivity index (χ0v) is 23.9. The van der Waals surface area contributed by atoms with E-state index in [1.165, 1.54) is 48.5 Å². The first-order valence-electron chi connectivity index (χ1n) is 8.91. The van der Waals surface area contributed by atoms with Crippen molar-refractivity contribution in [3.63, 3.8) is 0 Å². The van der Waals surface area contributed by atoms with Crippen molar-refractivity contribution in [1.29, 1.82) is 0 Å². The van der Waals surface area contributed by atoms with E-state index in [4.69, 9.17) is 0 Å². The van der Waals surface area contributed by atoms with Gasteiger partial charge in [-0.15, -0.1) is 0 Å². The van der Waals surface area contributed by atoms with E-state index < -0.39 is 20.2 Å². The largest absolute Gasteiger partial charge is 1.00 e. The number of benzene rings is 3. The summed E-state index contributed by atoms with van der Waals surface area (Å²) in [5.74, 6) is 0. The second-order valence-electron chi connectivity index (χ2n) is 6.37. The zero-order valence-electron chi connectivity index (χ0n) is 18.2. The van der Waals surface area contributed by atoms with Gasteiger partial charge >= 0.3 is 59.1 Å². The van der Waals surface area contributed by atoms with Gasteiger partial charge in [-0.2, -0.15) is 10.2 Å². The molecule has 2 N–H and O–H groups in total. The van der Waals surface area contributed by atoms with Crippen molar-refractivity contribution in [3.05, 3.63) is 83.9 Å². The van der Waals surface area contributed by atoms with Crippen LogP contribution in [0.3, 0.4) is 0 Å². The van der Waals surface area contributed by atoms with Crippen LogP contribution in [0, 0.1) is 0 Å². The molecule has 0 fully saturated rings. The molecule has 0 unspecified atom stereocenters. The van der Waals surface area contributed by atoms with Crippen LogP contribution < -0.4 is 70.0 Å². The monoisotopic (exact) mass is 518 g/mol. The van der Waals surface area contributed by atoms with Crippen LogP contribution in [0.4, 0.5) is 11.4 Å². The minimum Gasteiger partial charge on any atom is -0.744 e. The Bertz CT molecular complexity index is 1260. The summed E-state index contributed by atoms with van der Waals surface area (Å²) in [6, 6.07) is 17.7. The van der Waals surface area contributed by atoms with Crippen LogP contribution in [0.25, 0.3) is 0 Å². The molecule has 14 heteroatoms. The molecule has 3 rings (SSSR count). The minimum absolute atomic E-state index is 0. The fraction of sp³-hybridized carbons (Fsp3) is 0. The Balaban J connectivity index is 0.00000289. The summed E-state index contributed by atoms with van der Waals surface area (Å²) in [4.78, 5) is -0.641. The third-order valence-electron chi connectivity index (χ3n) is 4.01. The predicted molar refractivity (Wildman–Crippen MR) is 118 cm³/mol. The molecular weight excluding hydrogens is 502 g/mol. The summed E-state index contributed by atoms with van der Waals surface area (Å²) in [5.41, 5.74) is 7.99. The van der Waals surface area contributed by atoms with E-state index in [0.717, 1.165) is 11.1 Å². The maximum Gasteiger partial charge on any atom is 1.00 e. The number of nitrogens with one attached hydrogen (secondary N) is 2. The van der Waals surface area contributed by atoms with E-state index >= 15 is 0 Å². The van der Waals surface area contributed by atoms with Crippen molar-refractivity contribution in [2.75, 3.05) is 10.9 Å². The first-order valence-corrected chi connectivity index (χ1v) is 11.7. The molecule has 10 nitrogen and oxygen atoms in total. The molecule has 0 spiro atoms. The Labute approximate surface area is 241 Å². The van der Waals surface area contributed by atoms with Crippen LogP contribution in [0.15, 0.2) is 92.8 Å². The normalized spacial score (nSPS) is 11.6. The molecule has 0 aromatic heterocycles.